The molecule has 21 heavy (non-hydrogen) atoms. The molecule has 3 heteroatoms. The zero-order valence-corrected chi connectivity index (χ0v) is 12.0. The summed E-state index contributed by atoms with van der Waals surface area (Å²) in [4.78, 5) is 11.4. The van der Waals surface area contributed by atoms with E-state index < -0.39 is 11.9 Å². The lowest BCUT2D eigenvalue weighted by Gasteiger charge is -2.08. The van der Waals surface area contributed by atoms with Crippen molar-refractivity contribution in [2.75, 3.05) is 0 Å². The van der Waals surface area contributed by atoms with E-state index in [-0.39, 0.29) is 0 Å². The SMILES string of the molecule is Cc1c(-c2ccccc2)c2cccoc-2c1C(C)C(=O)O. The van der Waals surface area contributed by atoms with Crippen molar-refractivity contribution in [3.05, 3.63) is 59.9 Å². The molecule has 3 rings (SSSR count). The third-order valence-corrected chi connectivity index (χ3v) is 3.93. The van der Waals surface area contributed by atoms with Gasteiger partial charge in [-0.3, -0.25) is 4.79 Å². The minimum Gasteiger partial charge on any atom is -0.481 e. The third-order valence-electron chi connectivity index (χ3n) is 3.93. The molecule has 0 bridgehead atoms. The topological polar surface area (TPSA) is 50.4 Å². The Kier molecular flexibility index (Phi) is 3.26. The average molecular weight is 280 g/mol. The summed E-state index contributed by atoms with van der Waals surface area (Å²) in [5, 5.41) is 9.36. The van der Waals surface area contributed by atoms with Gasteiger partial charge in [-0.25, -0.2) is 0 Å². The number of hydrogen-bond acceptors (Lipinski definition) is 2. The number of rotatable bonds is 3. The zero-order valence-electron chi connectivity index (χ0n) is 12.0. The summed E-state index contributed by atoms with van der Waals surface area (Å²) in [5.41, 5.74) is 4.82. The molecule has 0 radical (unpaired) electrons. The molecule has 1 aliphatic heterocycles. The van der Waals surface area contributed by atoms with Crippen LogP contribution in [0.2, 0.25) is 0 Å². The van der Waals surface area contributed by atoms with Crippen LogP contribution < -0.4 is 0 Å². The minimum absolute atomic E-state index is 0.601. The fourth-order valence-corrected chi connectivity index (χ4v) is 2.92. The van der Waals surface area contributed by atoms with E-state index in [0.29, 0.717) is 5.76 Å². The molecule has 0 spiro atoms. The highest BCUT2D eigenvalue weighted by Crippen LogP contribution is 2.45. The Morgan fingerprint density at radius 2 is 1.86 bits per heavy atom. The summed E-state index contributed by atoms with van der Waals surface area (Å²) in [6.45, 7) is 3.66. The van der Waals surface area contributed by atoms with E-state index in [4.69, 9.17) is 4.42 Å². The first-order valence-corrected chi connectivity index (χ1v) is 6.89. The van der Waals surface area contributed by atoms with Crippen molar-refractivity contribution in [3.8, 4) is 22.5 Å². The molecular weight excluding hydrogens is 264 g/mol. The highest BCUT2D eigenvalue weighted by atomic mass is 16.4. The molecule has 3 nitrogen and oxygen atoms in total. The fraction of sp³-hybridized carbons (Fsp3) is 0.167. The number of aliphatic carboxylic acids is 1. The van der Waals surface area contributed by atoms with Crippen LogP contribution in [0.5, 0.6) is 0 Å². The summed E-state index contributed by atoms with van der Waals surface area (Å²) in [7, 11) is 0. The lowest BCUT2D eigenvalue weighted by atomic mass is 9.97. The zero-order chi connectivity index (χ0) is 15.0. The number of carboxylic acids is 1. The minimum atomic E-state index is -0.844. The van der Waals surface area contributed by atoms with E-state index in [0.717, 1.165) is 27.8 Å². The van der Waals surface area contributed by atoms with Crippen LogP contribution in [0, 0.1) is 6.92 Å². The Labute approximate surface area is 123 Å². The first kappa shape index (κ1) is 13.4. The monoisotopic (exact) mass is 280 g/mol. The van der Waals surface area contributed by atoms with E-state index >= 15 is 0 Å². The molecule has 106 valence electrons. The highest BCUT2D eigenvalue weighted by molar-refractivity contribution is 5.93. The smallest absolute Gasteiger partial charge is 0.310 e. The molecule has 1 heterocycles. The van der Waals surface area contributed by atoms with Gasteiger partial charge >= 0.3 is 5.97 Å². The molecule has 1 N–H and O–H groups in total. The van der Waals surface area contributed by atoms with Gasteiger partial charge in [0.2, 0.25) is 0 Å². The van der Waals surface area contributed by atoms with Crippen LogP contribution in [0.15, 0.2) is 53.1 Å². The number of hydrogen-bond donors (Lipinski definition) is 1. The Morgan fingerprint density at radius 3 is 2.52 bits per heavy atom. The van der Waals surface area contributed by atoms with Gasteiger partial charge in [0.15, 0.2) is 0 Å². The second kappa shape index (κ2) is 5.09. The second-order valence-electron chi connectivity index (χ2n) is 5.20. The maximum absolute atomic E-state index is 11.4. The van der Waals surface area contributed by atoms with E-state index in [1.54, 1.807) is 13.2 Å². The van der Waals surface area contributed by atoms with Crippen molar-refractivity contribution < 1.29 is 14.3 Å². The lowest BCUT2D eigenvalue weighted by molar-refractivity contribution is -0.138. The Bertz CT molecular complexity index is 756. The van der Waals surface area contributed by atoms with Crippen molar-refractivity contribution >= 4 is 5.97 Å². The van der Waals surface area contributed by atoms with Crippen LogP contribution in [0.4, 0.5) is 0 Å². The second-order valence-corrected chi connectivity index (χ2v) is 5.20. The predicted octanol–water partition coefficient (Wildman–Crippen LogP) is 4.55. The summed E-state index contributed by atoms with van der Waals surface area (Å²) in [5.74, 6) is -0.775. The molecule has 0 amide bonds. The molecule has 0 saturated carbocycles. The molecule has 0 fully saturated rings. The van der Waals surface area contributed by atoms with Gasteiger partial charge in [-0.1, -0.05) is 30.3 Å². The Balaban J connectivity index is 2.32. The first-order chi connectivity index (χ1) is 10.1. The Morgan fingerprint density at radius 1 is 1.14 bits per heavy atom. The van der Waals surface area contributed by atoms with E-state index in [2.05, 4.69) is 0 Å². The van der Waals surface area contributed by atoms with Crippen LogP contribution in [0.1, 0.15) is 24.0 Å². The molecule has 1 unspecified atom stereocenters. The van der Waals surface area contributed by atoms with Crippen LogP contribution >= 0.6 is 0 Å². The number of fused-ring (bicyclic) bond motifs is 1. The summed E-state index contributed by atoms with van der Waals surface area (Å²) in [6, 6.07) is 13.8. The van der Waals surface area contributed by atoms with Gasteiger partial charge in [0.05, 0.1) is 12.2 Å². The van der Waals surface area contributed by atoms with E-state index in [9.17, 15) is 9.90 Å². The third kappa shape index (κ3) is 2.11. The maximum Gasteiger partial charge on any atom is 0.310 e. The van der Waals surface area contributed by atoms with Gasteiger partial charge in [-0.15, -0.1) is 0 Å². The van der Waals surface area contributed by atoms with Gasteiger partial charge in [-0.2, -0.15) is 0 Å². The molecule has 0 saturated heterocycles. The molecule has 1 atom stereocenters. The van der Waals surface area contributed by atoms with Gasteiger partial charge in [0.25, 0.3) is 0 Å². The molecule has 1 aromatic rings. The largest absolute Gasteiger partial charge is 0.481 e. The molecule has 2 aliphatic rings. The quantitative estimate of drug-likeness (QED) is 0.765. The van der Waals surface area contributed by atoms with Crippen molar-refractivity contribution in [2.45, 2.75) is 19.8 Å². The molecular formula is C18H16O3. The van der Waals surface area contributed by atoms with Crippen LogP contribution in [0.25, 0.3) is 22.5 Å². The van der Waals surface area contributed by atoms with Crippen molar-refractivity contribution in [3.63, 3.8) is 0 Å². The average Bonchev–Trinajstić information content (AvgIpc) is 2.79. The maximum atomic E-state index is 11.4. The van der Waals surface area contributed by atoms with E-state index in [1.807, 2.05) is 49.4 Å². The van der Waals surface area contributed by atoms with Crippen LogP contribution in [-0.2, 0) is 4.79 Å². The number of carboxylic acid groups (broad SMARTS) is 1. The standard InChI is InChI=1S/C18H16O3/c1-11-15(12(2)18(19)20)17-14(9-6-10-21-17)16(11)13-7-4-3-5-8-13/h3-10,12H,1-2H3,(H,19,20). The lowest BCUT2D eigenvalue weighted by Crippen LogP contribution is -2.08. The van der Waals surface area contributed by atoms with Gasteiger partial charge in [0, 0.05) is 11.1 Å². The molecule has 0 aromatic heterocycles. The molecule has 1 aliphatic carbocycles. The Hall–Kier alpha value is -2.55. The van der Waals surface area contributed by atoms with Crippen LogP contribution in [0.3, 0.4) is 0 Å². The summed E-state index contributed by atoms with van der Waals surface area (Å²) >= 11 is 0. The normalized spacial score (nSPS) is 12.5. The summed E-state index contributed by atoms with van der Waals surface area (Å²) in [6.07, 6.45) is 1.59. The van der Waals surface area contributed by atoms with Gasteiger partial charge in [-0.05, 0) is 42.7 Å². The summed E-state index contributed by atoms with van der Waals surface area (Å²) < 4.78 is 5.63. The fourth-order valence-electron chi connectivity index (χ4n) is 2.92. The van der Waals surface area contributed by atoms with Crippen molar-refractivity contribution in [2.24, 2.45) is 0 Å². The first-order valence-electron chi connectivity index (χ1n) is 6.89. The number of carbonyl (C=O) groups is 1. The molecule has 1 aromatic carbocycles. The predicted molar refractivity (Wildman–Crippen MR) is 81.6 cm³/mol. The number of benzene rings is 1. The van der Waals surface area contributed by atoms with Gasteiger partial charge < -0.3 is 9.52 Å². The van der Waals surface area contributed by atoms with Crippen molar-refractivity contribution in [1.82, 2.24) is 0 Å². The van der Waals surface area contributed by atoms with E-state index in [1.165, 1.54) is 0 Å². The van der Waals surface area contributed by atoms with Crippen LogP contribution in [-0.4, -0.2) is 11.1 Å². The van der Waals surface area contributed by atoms with Crippen molar-refractivity contribution in [1.29, 1.82) is 0 Å². The van der Waals surface area contributed by atoms with Gasteiger partial charge in [0.1, 0.15) is 5.76 Å². The highest BCUT2D eigenvalue weighted by Gasteiger charge is 2.29.